The number of amides is 1. The van der Waals surface area contributed by atoms with Crippen molar-refractivity contribution in [2.24, 2.45) is 0 Å². The predicted octanol–water partition coefficient (Wildman–Crippen LogP) is 2.71. The summed E-state index contributed by atoms with van der Waals surface area (Å²) in [5, 5.41) is 13.0. The number of benzene rings is 1. The molecule has 0 saturated carbocycles. The van der Waals surface area contributed by atoms with E-state index < -0.39 is 6.10 Å². The zero-order valence-corrected chi connectivity index (χ0v) is 11.4. The highest BCUT2D eigenvalue weighted by atomic mass is 35.5. The summed E-state index contributed by atoms with van der Waals surface area (Å²) in [6, 6.07) is 3.59. The smallest absolute Gasteiger partial charge is 0.257 e. The van der Waals surface area contributed by atoms with Crippen molar-refractivity contribution in [2.45, 2.75) is 31.8 Å². The Morgan fingerprint density at radius 2 is 1.89 bits per heavy atom. The SMILES string of the molecule is O=C1Nc2cc(N3CCCCCC3)c(Cl)cc2C1O. The molecular formula is C14H17ClN2O2. The Morgan fingerprint density at radius 1 is 1.21 bits per heavy atom. The number of aliphatic hydroxyl groups excluding tert-OH is 1. The molecule has 1 amide bonds. The third-order valence-corrected chi connectivity index (χ3v) is 4.17. The van der Waals surface area contributed by atoms with Crippen molar-refractivity contribution in [2.75, 3.05) is 23.3 Å². The van der Waals surface area contributed by atoms with Crippen molar-refractivity contribution >= 4 is 28.9 Å². The van der Waals surface area contributed by atoms with Gasteiger partial charge in [0.15, 0.2) is 6.10 Å². The quantitative estimate of drug-likeness (QED) is 0.832. The monoisotopic (exact) mass is 280 g/mol. The van der Waals surface area contributed by atoms with E-state index in [1.54, 1.807) is 6.07 Å². The molecule has 0 spiro atoms. The van der Waals surface area contributed by atoms with Gasteiger partial charge < -0.3 is 15.3 Å². The lowest BCUT2D eigenvalue weighted by molar-refractivity contribution is -0.123. The van der Waals surface area contributed by atoms with Gasteiger partial charge in [0.2, 0.25) is 0 Å². The Kier molecular flexibility index (Phi) is 3.37. The first-order valence-corrected chi connectivity index (χ1v) is 7.12. The van der Waals surface area contributed by atoms with Crippen LogP contribution >= 0.6 is 11.6 Å². The van der Waals surface area contributed by atoms with Crippen molar-refractivity contribution in [1.82, 2.24) is 0 Å². The lowest BCUT2D eigenvalue weighted by Crippen LogP contribution is -2.24. The van der Waals surface area contributed by atoms with Crippen LogP contribution in [-0.2, 0) is 4.79 Å². The number of rotatable bonds is 1. The van der Waals surface area contributed by atoms with Gasteiger partial charge in [0.1, 0.15) is 0 Å². The van der Waals surface area contributed by atoms with Gasteiger partial charge in [-0.25, -0.2) is 0 Å². The first kappa shape index (κ1) is 12.8. The fourth-order valence-electron chi connectivity index (χ4n) is 2.81. The Labute approximate surface area is 117 Å². The van der Waals surface area contributed by atoms with E-state index in [-0.39, 0.29) is 5.91 Å². The number of hydrogen-bond acceptors (Lipinski definition) is 3. The van der Waals surface area contributed by atoms with Gasteiger partial charge in [-0.15, -0.1) is 0 Å². The molecular weight excluding hydrogens is 264 g/mol. The van der Waals surface area contributed by atoms with Gasteiger partial charge >= 0.3 is 0 Å². The zero-order valence-electron chi connectivity index (χ0n) is 10.7. The van der Waals surface area contributed by atoms with Gasteiger partial charge in [0, 0.05) is 24.3 Å². The Morgan fingerprint density at radius 3 is 2.58 bits per heavy atom. The number of anilines is 2. The summed E-state index contributed by atoms with van der Waals surface area (Å²) >= 11 is 6.32. The minimum absolute atomic E-state index is 0.376. The molecule has 0 aromatic heterocycles. The largest absolute Gasteiger partial charge is 0.378 e. The highest BCUT2D eigenvalue weighted by Crippen LogP contribution is 2.39. The van der Waals surface area contributed by atoms with Crippen LogP contribution < -0.4 is 10.2 Å². The first-order chi connectivity index (χ1) is 9.16. The van der Waals surface area contributed by atoms with E-state index in [4.69, 9.17) is 11.6 Å². The lowest BCUT2D eigenvalue weighted by Gasteiger charge is -2.24. The summed E-state index contributed by atoms with van der Waals surface area (Å²) in [5.74, 6) is -0.376. The molecule has 5 heteroatoms. The normalized spacial score (nSPS) is 22.9. The predicted molar refractivity (Wildman–Crippen MR) is 75.7 cm³/mol. The van der Waals surface area contributed by atoms with E-state index in [0.717, 1.165) is 18.8 Å². The van der Waals surface area contributed by atoms with Crippen molar-refractivity contribution in [3.63, 3.8) is 0 Å². The maximum Gasteiger partial charge on any atom is 0.257 e. The fourth-order valence-corrected chi connectivity index (χ4v) is 3.10. The molecule has 2 N–H and O–H groups in total. The summed E-state index contributed by atoms with van der Waals surface area (Å²) in [6.07, 6.45) is 3.76. The summed E-state index contributed by atoms with van der Waals surface area (Å²) in [4.78, 5) is 13.7. The van der Waals surface area contributed by atoms with Crippen LogP contribution in [0, 0.1) is 0 Å². The van der Waals surface area contributed by atoms with Crippen LogP contribution in [0.3, 0.4) is 0 Å². The molecule has 2 heterocycles. The minimum Gasteiger partial charge on any atom is -0.378 e. The summed E-state index contributed by atoms with van der Waals surface area (Å²) in [5.41, 5.74) is 2.21. The van der Waals surface area contributed by atoms with Gasteiger partial charge in [-0.2, -0.15) is 0 Å². The number of halogens is 1. The van der Waals surface area contributed by atoms with Gasteiger partial charge in [-0.1, -0.05) is 24.4 Å². The van der Waals surface area contributed by atoms with Gasteiger partial charge in [-0.05, 0) is 25.0 Å². The van der Waals surface area contributed by atoms with Crippen molar-refractivity contribution in [1.29, 1.82) is 0 Å². The molecule has 0 radical (unpaired) electrons. The average molecular weight is 281 g/mol. The minimum atomic E-state index is -1.09. The second-order valence-corrected chi connectivity index (χ2v) is 5.59. The molecule has 4 nitrogen and oxygen atoms in total. The second kappa shape index (κ2) is 5.02. The van der Waals surface area contributed by atoms with Gasteiger partial charge in [0.05, 0.1) is 10.7 Å². The molecule has 3 rings (SSSR count). The molecule has 2 aliphatic rings. The van der Waals surface area contributed by atoms with E-state index >= 15 is 0 Å². The molecule has 1 unspecified atom stereocenters. The van der Waals surface area contributed by atoms with Crippen LogP contribution in [0.25, 0.3) is 0 Å². The third-order valence-electron chi connectivity index (χ3n) is 3.87. The molecule has 1 aromatic carbocycles. The number of nitrogens with zero attached hydrogens (tertiary/aromatic N) is 1. The van der Waals surface area contributed by atoms with E-state index in [2.05, 4.69) is 10.2 Å². The molecule has 1 fully saturated rings. The standard InChI is InChI=1S/C14H17ClN2O2/c15-10-7-9-11(16-14(19)13(9)18)8-12(10)17-5-3-1-2-4-6-17/h7-8,13,18H,1-6H2,(H,16,19). The zero-order chi connectivity index (χ0) is 13.4. The first-order valence-electron chi connectivity index (χ1n) is 6.74. The number of carbonyl (C=O) groups is 1. The maximum atomic E-state index is 11.5. The van der Waals surface area contributed by atoms with Crippen molar-refractivity contribution < 1.29 is 9.90 Å². The van der Waals surface area contributed by atoms with Gasteiger partial charge in [-0.3, -0.25) is 4.79 Å². The van der Waals surface area contributed by atoms with Crippen LogP contribution in [0.15, 0.2) is 12.1 Å². The Balaban J connectivity index is 1.95. The summed E-state index contributed by atoms with van der Waals surface area (Å²) in [6.45, 7) is 1.99. The van der Waals surface area contributed by atoms with E-state index in [1.165, 1.54) is 25.7 Å². The molecule has 1 atom stereocenters. The molecule has 0 bridgehead atoms. The third kappa shape index (κ3) is 2.30. The van der Waals surface area contributed by atoms with Crippen LogP contribution in [0.1, 0.15) is 37.4 Å². The topological polar surface area (TPSA) is 52.6 Å². The summed E-state index contributed by atoms with van der Waals surface area (Å²) in [7, 11) is 0. The van der Waals surface area contributed by atoms with Crippen LogP contribution in [0.5, 0.6) is 0 Å². The van der Waals surface area contributed by atoms with Crippen molar-refractivity contribution in [3.8, 4) is 0 Å². The fraction of sp³-hybridized carbons (Fsp3) is 0.500. The van der Waals surface area contributed by atoms with Gasteiger partial charge in [0.25, 0.3) is 5.91 Å². The molecule has 2 aliphatic heterocycles. The molecule has 1 saturated heterocycles. The average Bonchev–Trinajstić information content (AvgIpc) is 2.63. The number of aliphatic hydroxyl groups is 1. The van der Waals surface area contributed by atoms with Crippen LogP contribution in [-0.4, -0.2) is 24.1 Å². The number of nitrogens with one attached hydrogen (secondary N) is 1. The Bertz CT molecular complexity index is 510. The van der Waals surface area contributed by atoms with Crippen molar-refractivity contribution in [3.05, 3.63) is 22.7 Å². The maximum absolute atomic E-state index is 11.5. The van der Waals surface area contributed by atoms with Crippen LogP contribution in [0.2, 0.25) is 5.02 Å². The number of carbonyl (C=O) groups excluding carboxylic acids is 1. The van der Waals surface area contributed by atoms with E-state index in [9.17, 15) is 9.90 Å². The van der Waals surface area contributed by atoms with E-state index in [1.807, 2.05) is 6.07 Å². The molecule has 0 aliphatic carbocycles. The highest BCUT2D eigenvalue weighted by Gasteiger charge is 2.30. The highest BCUT2D eigenvalue weighted by molar-refractivity contribution is 6.33. The van der Waals surface area contributed by atoms with E-state index in [0.29, 0.717) is 16.3 Å². The molecule has 19 heavy (non-hydrogen) atoms. The molecule has 102 valence electrons. The summed E-state index contributed by atoms with van der Waals surface area (Å²) < 4.78 is 0. The lowest BCUT2D eigenvalue weighted by atomic mass is 10.1. The molecule has 1 aromatic rings. The second-order valence-electron chi connectivity index (χ2n) is 5.18. The van der Waals surface area contributed by atoms with Crippen LogP contribution in [0.4, 0.5) is 11.4 Å². The number of hydrogen-bond donors (Lipinski definition) is 2. The number of fused-ring (bicyclic) bond motifs is 1. The Hall–Kier alpha value is -1.26.